The largest absolute Gasteiger partial charge is 0.481 e. The summed E-state index contributed by atoms with van der Waals surface area (Å²) in [7, 11) is 6.19. The average molecular weight is 262 g/mol. The smallest absolute Gasteiger partial charge is 0.309 e. The molecule has 0 aliphatic heterocycles. The summed E-state index contributed by atoms with van der Waals surface area (Å²) in [4.78, 5) is 10.7. The fourth-order valence-electron chi connectivity index (χ4n) is 2.00. The van der Waals surface area contributed by atoms with Gasteiger partial charge in [0.1, 0.15) is 12.6 Å². The van der Waals surface area contributed by atoms with E-state index in [9.17, 15) is 4.79 Å². The van der Waals surface area contributed by atoms with Crippen LogP contribution in [-0.2, 0) is 4.79 Å². The predicted octanol–water partition coefficient (Wildman–Crippen LogP) is 2.36. The van der Waals surface area contributed by atoms with Crippen LogP contribution in [0.5, 0.6) is 0 Å². The molecule has 0 aliphatic rings. The van der Waals surface area contributed by atoms with Gasteiger partial charge in [0.15, 0.2) is 0 Å². The van der Waals surface area contributed by atoms with Crippen molar-refractivity contribution >= 4 is 5.97 Å². The minimum atomic E-state index is -0.653. The molecule has 1 atom stereocenters. The van der Waals surface area contributed by atoms with Crippen LogP contribution in [0.1, 0.15) is 47.0 Å². The van der Waals surface area contributed by atoms with Crippen LogP contribution < -0.4 is 0 Å². The molecule has 0 bridgehead atoms. The zero-order valence-electron chi connectivity index (χ0n) is 13.2. The Bertz CT molecular complexity index is 219. The third-order valence-electron chi connectivity index (χ3n) is 3.30. The van der Waals surface area contributed by atoms with Gasteiger partial charge in [-0.3, -0.25) is 4.79 Å². The zero-order chi connectivity index (χ0) is 15.0. The van der Waals surface area contributed by atoms with Gasteiger partial charge in [0.2, 0.25) is 0 Å². The van der Waals surface area contributed by atoms with Gasteiger partial charge in [0.25, 0.3) is 0 Å². The fourth-order valence-corrected chi connectivity index (χ4v) is 2.00. The maximum absolute atomic E-state index is 10.7. The molecule has 0 amide bonds. The van der Waals surface area contributed by atoms with Gasteiger partial charge < -0.3 is 14.7 Å². The van der Waals surface area contributed by atoms with Crippen LogP contribution in [0.2, 0.25) is 0 Å². The van der Waals surface area contributed by atoms with Gasteiger partial charge in [-0.25, -0.2) is 0 Å². The number of carboxylic acids is 1. The van der Waals surface area contributed by atoms with Gasteiger partial charge in [-0.05, 0) is 26.2 Å². The highest BCUT2D eigenvalue weighted by molar-refractivity contribution is 5.74. The number of aliphatic hydroxyl groups is 1. The monoisotopic (exact) mass is 262 g/mol. The van der Waals surface area contributed by atoms with Gasteiger partial charge in [-0.2, -0.15) is 0 Å². The van der Waals surface area contributed by atoms with Crippen LogP contribution in [-0.4, -0.2) is 54.5 Å². The Hall–Kier alpha value is -0.610. The number of nitrogens with zero attached hydrogens (tertiary/aromatic N) is 1. The summed E-state index contributed by atoms with van der Waals surface area (Å²) in [6.07, 6.45) is 2.01. The zero-order valence-corrected chi connectivity index (χ0v) is 13.2. The lowest BCUT2D eigenvalue weighted by Crippen LogP contribution is -2.40. The molecule has 0 aliphatic carbocycles. The molecule has 18 heavy (non-hydrogen) atoms. The van der Waals surface area contributed by atoms with Gasteiger partial charge in [0.05, 0.1) is 26.6 Å². The molecule has 0 rings (SSSR count). The average Bonchev–Trinajstić information content (AvgIpc) is 2.17. The van der Waals surface area contributed by atoms with E-state index in [0.29, 0.717) is 0 Å². The van der Waals surface area contributed by atoms with Crippen molar-refractivity contribution in [3.05, 3.63) is 0 Å². The number of likely N-dealkylation sites (N-methyl/N-ethyl adjacent to an activating group) is 1. The van der Waals surface area contributed by atoms with Crippen LogP contribution in [0, 0.1) is 5.41 Å². The first-order chi connectivity index (χ1) is 8.04. The highest BCUT2D eigenvalue weighted by Crippen LogP contribution is 2.30. The Morgan fingerprint density at radius 1 is 1.11 bits per heavy atom. The van der Waals surface area contributed by atoms with Crippen molar-refractivity contribution in [2.75, 3.05) is 27.7 Å². The Balaban J connectivity index is 0. The highest BCUT2D eigenvalue weighted by Gasteiger charge is 2.32. The van der Waals surface area contributed by atoms with Gasteiger partial charge in [-0.15, -0.1) is 0 Å². The number of carboxylic acid groups (broad SMARTS) is 1. The number of quaternary nitrogens is 1. The van der Waals surface area contributed by atoms with Crippen molar-refractivity contribution in [2.45, 2.75) is 53.1 Å². The molecule has 0 saturated heterocycles. The van der Waals surface area contributed by atoms with E-state index in [-0.39, 0.29) is 6.10 Å². The van der Waals surface area contributed by atoms with Gasteiger partial charge >= 0.3 is 5.97 Å². The number of hydrogen-bond donors (Lipinski definition) is 2. The molecule has 0 aromatic carbocycles. The lowest BCUT2D eigenvalue weighted by Gasteiger charge is -2.24. The van der Waals surface area contributed by atoms with Crippen molar-refractivity contribution < 1.29 is 19.5 Å². The van der Waals surface area contributed by atoms with E-state index in [0.717, 1.165) is 30.3 Å². The van der Waals surface area contributed by atoms with E-state index in [1.54, 1.807) is 0 Å². The number of aliphatic carboxylic acids is 1. The van der Waals surface area contributed by atoms with Crippen molar-refractivity contribution in [1.82, 2.24) is 0 Å². The quantitative estimate of drug-likeness (QED) is 0.722. The van der Waals surface area contributed by atoms with E-state index < -0.39 is 11.4 Å². The number of aliphatic hydroxyl groups excluding tert-OH is 1. The first kappa shape index (κ1) is 19.7. The molecular formula is C14H32NO3+. The summed E-state index contributed by atoms with van der Waals surface area (Å²) < 4.78 is 0.831. The minimum absolute atomic E-state index is 0.185. The third kappa shape index (κ3) is 8.48. The molecule has 110 valence electrons. The maximum atomic E-state index is 10.7. The maximum Gasteiger partial charge on any atom is 0.309 e. The normalized spacial score (nSPS) is 13.6. The molecule has 2 N–H and O–H groups in total. The number of carbonyl (C=O) groups is 1. The predicted molar refractivity (Wildman–Crippen MR) is 75.5 cm³/mol. The lowest BCUT2D eigenvalue weighted by atomic mass is 9.80. The Morgan fingerprint density at radius 3 is 1.44 bits per heavy atom. The summed E-state index contributed by atoms with van der Waals surface area (Å²) in [5.74, 6) is -0.653. The third-order valence-corrected chi connectivity index (χ3v) is 3.30. The fraction of sp³-hybridized carbons (Fsp3) is 0.929. The van der Waals surface area contributed by atoms with Crippen molar-refractivity contribution in [2.24, 2.45) is 5.41 Å². The van der Waals surface area contributed by atoms with Crippen LogP contribution in [0.15, 0.2) is 0 Å². The molecule has 0 aromatic rings. The molecule has 0 heterocycles. The van der Waals surface area contributed by atoms with E-state index >= 15 is 0 Å². The molecule has 0 radical (unpaired) electrons. The van der Waals surface area contributed by atoms with Crippen LogP contribution in [0.3, 0.4) is 0 Å². The highest BCUT2D eigenvalue weighted by atomic mass is 16.4. The summed E-state index contributed by atoms with van der Waals surface area (Å²) in [5, 5.41) is 17.7. The van der Waals surface area contributed by atoms with Gasteiger partial charge in [-0.1, -0.05) is 20.8 Å². The SMILES string of the molecule is CC(O)C[N+](C)(C)C.CCC(CC)(CC)C(=O)O. The first-order valence-corrected chi connectivity index (χ1v) is 6.76. The molecule has 4 nitrogen and oxygen atoms in total. The van der Waals surface area contributed by atoms with Crippen molar-refractivity contribution in [1.29, 1.82) is 0 Å². The topological polar surface area (TPSA) is 57.5 Å². The second kappa shape index (κ2) is 8.48. The van der Waals surface area contributed by atoms with E-state index in [1.165, 1.54) is 0 Å². The minimum Gasteiger partial charge on any atom is -0.481 e. The summed E-state index contributed by atoms with van der Waals surface area (Å²) in [6, 6.07) is 0. The Labute approximate surface area is 112 Å². The van der Waals surface area contributed by atoms with Gasteiger partial charge in [0, 0.05) is 0 Å². The van der Waals surface area contributed by atoms with Crippen molar-refractivity contribution in [3.8, 4) is 0 Å². The first-order valence-electron chi connectivity index (χ1n) is 6.76. The van der Waals surface area contributed by atoms with Crippen LogP contribution in [0.25, 0.3) is 0 Å². The molecule has 4 heteroatoms. The molecular weight excluding hydrogens is 230 g/mol. The summed E-state index contributed by atoms with van der Waals surface area (Å²) >= 11 is 0. The summed E-state index contributed by atoms with van der Waals surface area (Å²) in [5.41, 5.74) is -0.458. The molecule has 0 fully saturated rings. The molecule has 0 saturated carbocycles. The lowest BCUT2D eigenvalue weighted by molar-refractivity contribution is -0.873. The Kier molecular flexibility index (Phi) is 9.30. The van der Waals surface area contributed by atoms with Crippen molar-refractivity contribution in [3.63, 3.8) is 0 Å². The van der Waals surface area contributed by atoms with E-state index in [4.69, 9.17) is 10.2 Å². The molecule has 0 spiro atoms. The number of hydrogen-bond acceptors (Lipinski definition) is 2. The van der Waals surface area contributed by atoms with Crippen LogP contribution >= 0.6 is 0 Å². The second-order valence-electron chi connectivity index (χ2n) is 5.97. The van der Waals surface area contributed by atoms with E-state index in [1.807, 2.05) is 27.7 Å². The molecule has 1 unspecified atom stereocenters. The Morgan fingerprint density at radius 2 is 1.44 bits per heavy atom. The second-order valence-corrected chi connectivity index (χ2v) is 5.97. The number of rotatable bonds is 6. The standard InChI is InChI=1S/C8H16O2.C6H16NO/c1-4-8(5-2,6-3)7(9)10;1-6(8)5-7(2,3)4/h4-6H2,1-3H3,(H,9,10);6,8H,5H2,1-4H3/q;+1. The van der Waals surface area contributed by atoms with Crippen LogP contribution in [0.4, 0.5) is 0 Å². The van der Waals surface area contributed by atoms with E-state index in [2.05, 4.69) is 21.1 Å². The molecule has 0 aromatic heterocycles. The summed E-state index contributed by atoms with van der Waals surface area (Å²) in [6.45, 7) is 8.42.